The van der Waals surface area contributed by atoms with Gasteiger partial charge in [0, 0.05) is 51.7 Å². The number of rotatable bonds is 5. The third kappa shape index (κ3) is 3.99. The molecule has 1 aliphatic rings. The van der Waals surface area contributed by atoms with E-state index in [0.717, 1.165) is 39.1 Å². The van der Waals surface area contributed by atoms with Crippen molar-refractivity contribution in [3.63, 3.8) is 0 Å². The maximum atomic E-state index is 11.7. The molecule has 7 heteroatoms. The van der Waals surface area contributed by atoms with Crippen molar-refractivity contribution in [3.8, 4) is 0 Å². The molecule has 1 fully saturated rings. The summed E-state index contributed by atoms with van der Waals surface area (Å²) < 4.78 is 0. The fraction of sp³-hybridized carbons (Fsp3) is 0.500. The van der Waals surface area contributed by atoms with E-state index in [1.54, 1.807) is 4.90 Å². The summed E-state index contributed by atoms with van der Waals surface area (Å²) in [4.78, 5) is 34.0. The maximum Gasteiger partial charge on any atom is 0.271 e. The van der Waals surface area contributed by atoms with Crippen LogP contribution in [0, 0.1) is 0 Å². The minimum atomic E-state index is -0.209. The van der Waals surface area contributed by atoms with E-state index in [1.807, 2.05) is 0 Å². The summed E-state index contributed by atoms with van der Waals surface area (Å²) in [5.74, 6) is -0.209. The summed E-state index contributed by atoms with van der Waals surface area (Å²) >= 11 is 0. The SMILES string of the molecule is O=CN1CCN(CCNC(=O)c2cnccn2)CC1. The summed E-state index contributed by atoms with van der Waals surface area (Å²) in [6, 6.07) is 0. The molecule has 0 radical (unpaired) electrons. The van der Waals surface area contributed by atoms with Crippen LogP contribution >= 0.6 is 0 Å². The van der Waals surface area contributed by atoms with Crippen LogP contribution in [-0.2, 0) is 4.79 Å². The Bertz CT molecular complexity index is 417. The van der Waals surface area contributed by atoms with Crippen LogP contribution in [0.1, 0.15) is 10.5 Å². The van der Waals surface area contributed by atoms with Gasteiger partial charge >= 0.3 is 0 Å². The third-order valence-corrected chi connectivity index (χ3v) is 3.07. The lowest BCUT2D eigenvalue weighted by atomic mass is 10.3. The summed E-state index contributed by atoms with van der Waals surface area (Å²) in [6.45, 7) is 4.54. The second-order valence-corrected chi connectivity index (χ2v) is 4.33. The number of piperazine rings is 1. The molecule has 0 bridgehead atoms. The van der Waals surface area contributed by atoms with Crippen molar-refractivity contribution in [3.05, 3.63) is 24.3 Å². The fourth-order valence-electron chi connectivity index (χ4n) is 1.93. The van der Waals surface area contributed by atoms with E-state index >= 15 is 0 Å². The summed E-state index contributed by atoms with van der Waals surface area (Å²) in [5, 5.41) is 2.81. The van der Waals surface area contributed by atoms with Gasteiger partial charge in [-0.15, -0.1) is 0 Å². The number of carbonyl (C=O) groups excluding carboxylic acids is 2. The lowest BCUT2D eigenvalue weighted by Gasteiger charge is -2.32. The molecule has 102 valence electrons. The van der Waals surface area contributed by atoms with Gasteiger partial charge in [0.1, 0.15) is 5.69 Å². The van der Waals surface area contributed by atoms with Gasteiger partial charge in [-0.2, -0.15) is 0 Å². The number of hydrogen-bond acceptors (Lipinski definition) is 5. The molecule has 0 saturated carbocycles. The minimum Gasteiger partial charge on any atom is -0.349 e. The highest BCUT2D eigenvalue weighted by atomic mass is 16.2. The molecule has 2 amide bonds. The lowest BCUT2D eigenvalue weighted by molar-refractivity contribution is -0.119. The predicted octanol–water partition coefficient (Wildman–Crippen LogP) is -1.02. The highest BCUT2D eigenvalue weighted by Gasteiger charge is 2.15. The standard InChI is InChI=1S/C12H17N5O2/c18-10-17-7-5-16(6-8-17)4-3-15-12(19)11-9-13-1-2-14-11/h1-2,9-10H,3-8H2,(H,15,19). The molecule has 0 spiro atoms. The Morgan fingerprint density at radius 2 is 2.11 bits per heavy atom. The highest BCUT2D eigenvalue weighted by Crippen LogP contribution is 1.98. The van der Waals surface area contributed by atoms with E-state index in [2.05, 4.69) is 20.2 Å². The van der Waals surface area contributed by atoms with Crippen molar-refractivity contribution in [2.75, 3.05) is 39.3 Å². The first-order valence-electron chi connectivity index (χ1n) is 6.25. The van der Waals surface area contributed by atoms with E-state index in [1.165, 1.54) is 18.6 Å². The average Bonchev–Trinajstić information content (AvgIpc) is 2.49. The smallest absolute Gasteiger partial charge is 0.271 e. The zero-order valence-corrected chi connectivity index (χ0v) is 10.7. The Morgan fingerprint density at radius 1 is 1.32 bits per heavy atom. The number of nitrogens with zero attached hydrogens (tertiary/aromatic N) is 4. The molecule has 1 saturated heterocycles. The molecule has 0 aromatic carbocycles. The number of amides is 2. The summed E-state index contributed by atoms with van der Waals surface area (Å²) in [5.41, 5.74) is 0.327. The molecule has 1 aromatic rings. The van der Waals surface area contributed by atoms with Gasteiger partial charge in [-0.05, 0) is 0 Å². The molecule has 2 rings (SSSR count). The molecular formula is C12H17N5O2. The van der Waals surface area contributed by atoms with Crippen LogP contribution in [0.3, 0.4) is 0 Å². The van der Waals surface area contributed by atoms with Gasteiger partial charge in [0.25, 0.3) is 5.91 Å². The first-order chi connectivity index (χ1) is 9.29. The quantitative estimate of drug-likeness (QED) is 0.688. The van der Waals surface area contributed by atoms with Crippen LogP contribution in [0.15, 0.2) is 18.6 Å². The molecule has 1 N–H and O–H groups in total. The minimum absolute atomic E-state index is 0.209. The maximum absolute atomic E-state index is 11.7. The van der Waals surface area contributed by atoms with Gasteiger partial charge in [-0.1, -0.05) is 0 Å². The van der Waals surface area contributed by atoms with E-state index in [4.69, 9.17) is 0 Å². The Kier molecular flexibility index (Phi) is 4.79. The largest absolute Gasteiger partial charge is 0.349 e. The molecule has 1 aliphatic heterocycles. The Hall–Kier alpha value is -2.02. The van der Waals surface area contributed by atoms with Crippen LogP contribution < -0.4 is 5.32 Å². The molecule has 19 heavy (non-hydrogen) atoms. The van der Waals surface area contributed by atoms with Crippen LogP contribution in [-0.4, -0.2) is 71.4 Å². The van der Waals surface area contributed by atoms with Crippen molar-refractivity contribution in [2.24, 2.45) is 0 Å². The summed E-state index contributed by atoms with van der Waals surface area (Å²) in [6.07, 6.45) is 5.35. The third-order valence-electron chi connectivity index (χ3n) is 3.07. The molecule has 7 nitrogen and oxygen atoms in total. The van der Waals surface area contributed by atoms with Crippen molar-refractivity contribution in [1.82, 2.24) is 25.1 Å². The van der Waals surface area contributed by atoms with Gasteiger partial charge in [-0.3, -0.25) is 19.5 Å². The first-order valence-corrected chi connectivity index (χ1v) is 6.25. The molecule has 0 atom stereocenters. The van der Waals surface area contributed by atoms with Crippen molar-refractivity contribution >= 4 is 12.3 Å². The van der Waals surface area contributed by atoms with E-state index in [9.17, 15) is 9.59 Å². The topological polar surface area (TPSA) is 78.4 Å². The van der Waals surface area contributed by atoms with Gasteiger partial charge in [0.15, 0.2) is 0 Å². The second kappa shape index (κ2) is 6.79. The average molecular weight is 263 g/mol. The number of nitrogens with one attached hydrogen (secondary N) is 1. The van der Waals surface area contributed by atoms with Crippen molar-refractivity contribution in [1.29, 1.82) is 0 Å². The van der Waals surface area contributed by atoms with Crippen molar-refractivity contribution in [2.45, 2.75) is 0 Å². The Balaban J connectivity index is 1.67. The summed E-state index contributed by atoms with van der Waals surface area (Å²) in [7, 11) is 0. The Labute approximate surface area is 111 Å². The Morgan fingerprint density at radius 3 is 2.74 bits per heavy atom. The van der Waals surface area contributed by atoms with Crippen LogP contribution in [0.5, 0.6) is 0 Å². The monoisotopic (exact) mass is 263 g/mol. The molecule has 0 unspecified atom stereocenters. The van der Waals surface area contributed by atoms with Crippen molar-refractivity contribution < 1.29 is 9.59 Å². The number of carbonyl (C=O) groups is 2. The van der Waals surface area contributed by atoms with Gasteiger partial charge in [0.05, 0.1) is 6.20 Å². The molecule has 0 aliphatic carbocycles. The molecular weight excluding hydrogens is 246 g/mol. The van der Waals surface area contributed by atoms with Crippen LogP contribution in [0.4, 0.5) is 0 Å². The van der Waals surface area contributed by atoms with Gasteiger partial charge < -0.3 is 10.2 Å². The van der Waals surface area contributed by atoms with E-state index in [-0.39, 0.29) is 5.91 Å². The highest BCUT2D eigenvalue weighted by molar-refractivity contribution is 5.91. The van der Waals surface area contributed by atoms with Crippen LogP contribution in [0.2, 0.25) is 0 Å². The number of aromatic nitrogens is 2. The van der Waals surface area contributed by atoms with E-state index < -0.39 is 0 Å². The zero-order chi connectivity index (χ0) is 13.5. The molecule has 2 heterocycles. The fourth-order valence-corrected chi connectivity index (χ4v) is 1.93. The first kappa shape index (κ1) is 13.4. The molecule has 1 aromatic heterocycles. The number of hydrogen-bond donors (Lipinski definition) is 1. The van der Waals surface area contributed by atoms with Gasteiger partial charge in [0.2, 0.25) is 6.41 Å². The van der Waals surface area contributed by atoms with E-state index in [0.29, 0.717) is 12.2 Å². The van der Waals surface area contributed by atoms with Crippen LogP contribution in [0.25, 0.3) is 0 Å². The predicted molar refractivity (Wildman–Crippen MR) is 68.4 cm³/mol. The second-order valence-electron chi connectivity index (χ2n) is 4.33. The lowest BCUT2D eigenvalue weighted by Crippen LogP contribution is -2.47. The van der Waals surface area contributed by atoms with Gasteiger partial charge in [-0.25, -0.2) is 4.98 Å². The normalized spacial score (nSPS) is 16.1. The zero-order valence-electron chi connectivity index (χ0n) is 10.7.